The van der Waals surface area contributed by atoms with E-state index in [0.717, 1.165) is 73.9 Å². The van der Waals surface area contributed by atoms with E-state index in [1.807, 2.05) is 44.0 Å². The molecule has 1 unspecified atom stereocenters. The molecule has 0 amide bonds. The first kappa shape index (κ1) is 31.6. The lowest BCUT2D eigenvalue weighted by molar-refractivity contribution is 0.0181. The number of allylic oxidation sites excluding steroid dienone is 5. The largest absolute Gasteiger partial charge is 0.403 e. The van der Waals surface area contributed by atoms with Crippen molar-refractivity contribution in [2.75, 3.05) is 52.9 Å². The van der Waals surface area contributed by atoms with E-state index in [1.165, 1.54) is 0 Å². The number of likely N-dealkylation sites (tertiary alicyclic amines) is 1. The molecule has 0 spiro atoms. The second-order valence-corrected chi connectivity index (χ2v) is 11.0. The first-order valence-corrected chi connectivity index (χ1v) is 14.1. The van der Waals surface area contributed by atoms with Crippen molar-refractivity contribution in [3.8, 4) is 0 Å². The Hall–Kier alpha value is -1.57. The van der Waals surface area contributed by atoms with Gasteiger partial charge in [-0.25, -0.2) is 4.39 Å². The number of halogens is 3. The van der Waals surface area contributed by atoms with Crippen LogP contribution in [0.5, 0.6) is 0 Å². The van der Waals surface area contributed by atoms with Crippen molar-refractivity contribution in [2.45, 2.75) is 59.0 Å². The molecule has 0 bridgehead atoms. The number of likely N-dealkylation sites (N-methyl/N-ethyl adjacent to an activating group) is 1. The van der Waals surface area contributed by atoms with Crippen LogP contribution in [0.25, 0.3) is 0 Å². The molecule has 2 heterocycles. The van der Waals surface area contributed by atoms with E-state index in [9.17, 15) is 4.39 Å². The average molecular weight is 555 g/mol. The highest BCUT2D eigenvalue weighted by Gasteiger charge is 2.33. The van der Waals surface area contributed by atoms with Gasteiger partial charge >= 0.3 is 0 Å². The Morgan fingerprint density at radius 3 is 2.30 bits per heavy atom. The van der Waals surface area contributed by atoms with Gasteiger partial charge in [0.2, 0.25) is 0 Å². The highest BCUT2D eigenvalue weighted by molar-refractivity contribution is 6.31. The van der Waals surface area contributed by atoms with Gasteiger partial charge in [-0.2, -0.15) is 0 Å². The zero-order valence-electron chi connectivity index (χ0n) is 23.3. The van der Waals surface area contributed by atoms with E-state index in [2.05, 4.69) is 28.2 Å². The van der Waals surface area contributed by atoms with Crippen LogP contribution in [0.2, 0.25) is 0 Å². The van der Waals surface area contributed by atoms with Gasteiger partial charge in [-0.15, -0.1) is 0 Å². The van der Waals surface area contributed by atoms with Crippen LogP contribution in [0.4, 0.5) is 4.39 Å². The lowest BCUT2D eigenvalue weighted by atomic mass is 9.97. The molecule has 0 radical (unpaired) electrons. The monoisotopic (exact) mass is 553 g/mol. The molecule has 0 aromatic carbocycles. The minimum Gasteiger partial charge on any atom is -0.403 e. The topological polar surface area (TPSA) is 39.0 Å². The van der Waals surface area contributed by atoms with Gasteiger partial charge in [-0.05, 0) is 77.0 Å². The van der Waals surface area contributed by atoms with Crippen molar-refractivity contribution in [2.24, 2.45) is 5.73 Å². The third-order valence-corrected chi connectivity index (χ3v) is 8.10. The van der Waals surface area contributed by atoms with Crippen molar-refractivity contribution in [1.29, 1.82) is 0 Å². The lowest BCUT2D eigenvalue weighted by Gasteiger charge is -2.47. The third-order valence-electron chi connectivity index (χ3n) is 7.54. The molecule has 0 aromatic rings. The Bertz CT molecular complexity index is 911. The molecule has 2 fully saturated rings. The quantitative estimate of drug-likeness (QED) is 0.309. The third kappa shape index (κ3) is 9.60. The molecular weight excluding hydrogens is 508 g/mol. The van der Waals surface area contributed by atoms with Crippen LogP contribution < -0.4 is 5.73 Å². The average Bonchev–Trinajstić information content (AvgIpc) is 2.89. The summed E-state index contributed by atoms with van der Waals surface area (Å²) in [4.78, 5) is 9.37. The van der Waals surface area contributed by atoms with Crippen LogP contribution in [-0.4, -0.2) is 84.5 Å². The first-order chi connectivity index (χ1) is 17.6. The van der Waals surface area contributed by atoms with E-state index in [4.69, 9.17) is 28.9 Å². The summed E-state index contributed by atoms with van der Waals surface area (Å²) in [5, 5.41) is 1.41. The molecule has 0 saturated carbocycles. The number of piperidine rings is 1. The van der Waals surface area contributed by atoms with Crippen LogP contribution in [-0.2, 0) is 0 Å². The highest BCUT2D eigenvalue weighted by Crippen LogP contribution is 2.26. The molecular formula is C29H46Cl2FN5. The van der Waals surface area contributed by atoms with E-state index >= 15 is 0 Å². The second kappa shape index (κ2) is 15.7. The van der Waals surface area contributed by atoms with E-state index in [0.29, 0.717) is 30.2 Å². The van der Waals surface area contributed by atoms with Gasteiger partial charge < -0.3 is 10.6 Å². The molecule has 208 valence electrons. The molecule has 8 heteroatoms. The summed E-state index contributed by atoms with van der Waals surface area (Å²) in [6.07, 6.45) is 12.2. The number of piperazine rings is 1. The smallest absolute Gasteiger partial charge is 0.102 e. The fraction of sp³-hybridized carbons (Fsp3) is 0.586. The molecule has 2 rings (SSSR count). The molecule has 2 N–H and O–H groups in total. The molecule has 37 heavy (non-hydrogen) atoms. The Labute approximate surface area is 234 Å². The van der Waals surface area contributed by atoms with Gasteiger partial charge in [-0.3, -0.25) is 14.7 Å². The lowest BCUT2D eigenvalue weighted by Crippen LogP contribution is -2.58. The predicted octanol–water partition coefficient (Wildman–Crippen LogP) is 6.18. The van der Waals surface area contributed by atoms with Crippen molar-refractivity contribution < 1.29 is 4.39 Å². The van der Waals surface area contributed by atoms with Crippen molar-refractivity contribution in [3.63, 3.8) is 0 Å². The maximum atomic E-state index is 14.4. The van der Waals surface area contributed by atoms with Gasteiger partial charge in [0.1, 0.15) is 5.83 Å². The Morgan fingerprint density at radius 1 is 1.08 bits per heavy atom. The summed E-state index contributed by atoms with van der Waals surface area (Å²) >= 11 is 12.8. The molecule has 2 aliphatic rings. The molecule has 1 atom stereocenters. The number of hydrogen-bond acceptors (Lipinski definition) is 5. The Kier molecular flexibility index (Phi) is 13.5. The van der Waals surface area contributed by atoms with Gasteiger partial charge in [0.15, 0.2) is 0 Å². The van der Waals surface area contributed by atoms with Gasteiger partial charge in [-0.1, -0.05) is 42.8 Å². The molecule has 5 nitrogen and oxygen atoms in total. The number of rotatable bonds is 11. The zero-order chi connectivity index (χ0) is 27.5. The summed E-state index contributed by atoms with van der Waals surface area (Å²) in [5.74, 6) is -0.128. The SMILES string of the molecule is C=CN(C)C(/C=C(/Cl)CN1CCN(C2CCN(CC(/C(C)=C\C(Cl)=C/C)=C(/C)F)CC2)C(CC)C1)=C/N. The maximum Gasteiger partial charge on any atom is 0.102 e. The predicted molar refractivity (Wildman–Crippen MR) is 158 cm³/mol. The molecule has 2 saturated heterocycles. The molecule has 0 aliphatic carbocycles. The normalized spacial score (nSPS) is 23.3. The fourth-order valence-electron chi connectivity index (χ4n) is 5.23. The molecule has 0 aromatic heterocycles. The minimum absolute atomic E-state index is 0.128. The standard InChI is InChI=1S/C29H46Cl2FN5/c1-7-24(30)16-22(4)29(23(5)32)21-35-12-10-27(11-13-35)37-15-14-36(20-26(37)8-2)19-25(31)17-28(18-33)34(6)9-3/h7,9,16-18,26-27H,3,8,10-15,19-21,33H2,1-2,4-6H3/b22-16-,24-7+,25-17+,28-18+,29-23+. The number of nitrogens with zero attached hydrogens (tertiary/aromatic N) is 4. The van der Waals surface area contributed by atoms with Crippen molar-refractivity contribution >= 4 is 23.2 Å². The summed E-state index contributed by atoms with van der Waals surface area (Å²) < 4.78 is 14.4. The summed E-state index contributed by atoms with van der Waals surface area (Å²) in [6.45, 7) is 17.7. The Morgan fingerprint density at radius 2 is 1.76 bits per heavy atom. The van der Waals surface area contributed by atoms with Crippen LogP contribution in [0, 0.1) is 0 Å². The Balaban J connectivity index is 1.94. The summed E-state index contributed by atoms with van der Waals surface area (Å²) in [6, 6.07) is 1.07. The van der Waals surface area contributed by atoms with Crippen molar-refractivity contribution in [1.82, 2.24) is 19.6 Å². The van der Waals surface area contributed by atoms with E-state index in [1.54, 1.807) is 19.3 Å². The van der Waals surface area contributed by atoms with Gasteiger partial charge in [0.25, 0.3) is 0 Å². The zero-order valence-corrected chi connectivity index (χ0v) is 24.8. The minimum atomic E-state index is -0.128. The number of hydrogen-bond donors (Lipinski definition) is 1. The van der Waals surface area contributed by atoms with Crippen molar-refractivity contribution in [3.05, 3.63) is 69.9 Å². The maximum absolute atomic E-state index is 14.4. The first-order valence-electron chi connectivity index (χ1n) is 13.3. The fourth-order valence-corrected chi connectivity index (χ4v) is 5.67. The van der Waals surface area contributed by atoms with Gasteiger partial charge in [0.05, 0.1) is 5.70 Å². The van der Waals surface area contributed by atoms with Gasteiger partial charge in [0, 0.05) is 73.7 Å². The summed E-state index contributed by atoms with van der Waals surface area (Å²) in [7, 11) is 1.90. The second-order valence-electron chi connectivity index (χ2n) is 10.0. The van der Waals surface area contributed by atoms with E-state index in [-0.39, 0.29) is 5.83 Å². The van der Waals surface area contributed by atoms with Crippen LogP contribution in [0.15, 0.2) is 69.9 Å². The molecule has 2 aliphatic heterocycles. The highest BCUT2D eigenvalue weighted by atomic mass is 35.5. The van der Waals surface area contributed by atoms with Crippen LogP contribution >= 0.6 is 23.2 Å². The number of nitrogens with two attached hydrogens (primary N) is 1. The van der Waals surface area contributed by atoms with Crippen LogP contribution in [0.3, 0.4) is 0 Å². The van der Waals surface area contributed by atoms with E-state index < -0.39 is 0 Å². The van der Waals surface area contributed by atoms with Crippen LogP contribution in [0.1, 0.15) is 47.0 Å². The summed E-state index contributed by atoms with van der Waals surface area (Å²) in [5.41, 5.74) is 8.22.